The monoisotopic (exact) mass is 412 g/mol. The van der Waals surface area contributed by atoms with E-state index in [4.69, 9.17) is 23.2 Å². The molecule has 1 unspecified atom stereocenters. The van der Waals surface area contributed by atoms with Crippen molar-refractivity contribution in [3.8, 4) is 0 Å². The van der Waals surface area contributed by atoms with Gasteiger partial charge in [-0.25, -0.2) is 0 Å². The Labute approximate surface area is 131 Å². The molecule has 0 bridgehead atoms. The molecule has 5 heteroatoms. The quantitative estimate of drug-likeness (QED) is 0.503. The minimum Gasteiger partial charge on any atom is -0.147 e. The normalized spacial score (nSPS) is 12.7. The molecule has 1 aromatic carbocycles. The van der Waals surface area contributed by atoms with Crippen molar-refractivity contribution in [1.82, 2.24) is 0 Å². The van der Waals surface area contributed by atoms with Gasteiger partial charge in [0.1, 0.15) is 0 Å². The fourth-order valence-electron chi connectivity index (χ4n) is 1.50. The third kappa shape index (κ3) is 3.48. The van der Waals surface area contributed by atoms with Crippen molar-refractivity contribution in [3.05, 3.63) is 54.6 Å². The highest BCUT2D eigenvalue weighted by molar-refractivity contribution is 9.11. The van der Waals surface area contributed by atoms with Gasteiger partial charge in [-0.1, -0.05) is 45.2 Å². The largest absolute Gasteiger partial charge is 0.147 e. The van der Waals surface area contributed by atoms with E-state index in [0.717, 1.165) is 10.9 Å². The van der Waals surface area contributed by atoms with Gasteiger partial charge in [0.25, 0.3) is 0 Å². The van der Waals surface area contributed by atoms with Gasteiger partial charge in [0.2, 0.25) is 0 Å². The fraction of sp³-hybridized carbons (Fsp3) is 0.167. The molecular weight excluding hydrogens is 407 g/mol. The van der Waals surface area contributed by atoms with Crippen LogP contribution in [0, 0.1) is 0 Å². The maximum absolute atomic E-state index is 6.00. The van der Waals surface area contributed by atoms with Gasteiger partial charge in [0.05, 0.1) is 14.9 Å². The van der Waals surface area contributed by atoms with E-state index in [1.54, 1.807) is 11.3 Å². The number of hydrogen-bond acceptors (Lipinski definition) is 1. The van der Waals surface area contributed by atoms with E-state index >= 15 is 0 Å². The second kappa shape index (κ2) is 6.07. The minimum atomic E-state index is 0.286. The Balaban J connectivity index is 2.16. The molecule has 0 aliphatic heterocycles. The maximum atomic E-state index is 6.00. The van der Waals surface area contributed by atoms with E-state index in [9.17, 15) is 0 Å². The van der Waals surface area contributed by atoms with Gasteiger partial charge in [-0.05, 0) is 51.5 Å². The van der Waals surface area contributed by atoms with Crippen molar-refractivity contribution in [1.29, 1.82) is 0 Å². The second-order valence-electron chi connectivity index (χ2n) is 3.55. The van der Waals surface area contributed by atoms with Crippen LogP contribution in [0.15, 0.2) is 34.1 Å². The summed E-state index contributed by atoms with van der Waals surface area (Å²) in [5.74, 6) is 0. The van der Waals surface area contributed by atoms with Crippen molar-refractivity contribution in [3.63, 3.8) is 0 Å². The predicted octanol–water partition coefficient (Wildman–Crippen LogP) is 6.50. The molecular formula is C12H8Br2Cl2S. The smallest absolute Gasteiger partial charge is 0.0595 e. The summed E-state index contributed by atoms with van der Waals surface area (Å²) in [5, 5.41) is 3.27. The van der Waals surface area contributed by atoms with Crippen LogP contribution in [0.25, 0.3) is 0 Å². The molecule has 0 saturated heterocycles. The molecule has 0 spiro atoms. The zero-order valence-corrected chi connectivity index (χ0v) is 14.1. The number of benzene rings is 1. The van der Waals surface area contributed by atoms with E-state index < -0.39 is 0 Å². The van der Waals surface area contributed by atoms with Crippen molar-refractivity contribution in [2.24, 2.45) is 0 Å². The fourth-order valence-corrected chi connectivity index (χ4v) is 4.69. The molecule has 0 nitrogen and oxygen atoms in total. The highest BCUT2D eigenvalue weighted by Gasteiger charge is 2.13. The van der Waals surface area contributed by atoms with Gasteiger partial charge < -0.3 is 0 Å². The summed E-state index contributed by atoms with van der Waals surface area (Å²) in [6.07, 6.45) is 0.885. The summed E-state index contributed by atoms with van der Waals surface area (Å²) >= 11 is 20.9. The van der Waals surface area contributed by atoms with Crippen LogP contribution in [0.2, 0.25) is 10.0 Å². The molecule has 2 rings (SSSR count). The van der Waals surface area contributed by atoms with Crippen LogP contribution in [-0.2, 0) is 6.42 Å². The van der Waals surface area contributed by atoms with Crippen LogP contribution in [0.3, 0.4) is 0 Å². The van der Waals surface area contributed by atoms with Gasteiger partial charge in [-0.15, -0.1) is 11.3 Å². The molecule has 0 saturated carbocycles. The third-order valence-electron chi connectivity index (χ3n) is 2.33. The Bertz CT molecular complexity index is 525. The zero-order chi connectivity index (χ0) is 12.4. The van der Waals surface area contributed by atoms with E-state index in [2.05, 4.69) is 43.3 Å². The summed E-state index contributed by atoms with van der Waals surface area (Å²) in [6.45, 7) is 0. The van der Waals surface area contributed by atoms with Gasteiger partial charge in [-0.2, -0.15) is 0 Å². The second-order valence-corrected chi connectivity index (χ2v) is 7.27. The first kappa shape index (κ1) is 13.9. The van der Waals surface area contributed by atoms with Crippen LogP contribution >= 0.6 is 66.4 Å². The summed E-state index contributed by atoms with van der Waals surface area (Å²) < 4.78 is 1.14. The SMILES string of the molecule is Clc1ccc(CC(Br)c2sccc2Br)cc1Cl. The van der Waals surface area contributed by atoms with Gasteiger partial charge in [-0.3, -0.25) is 0 Å². The molecule has 1 aromatic heterocycles. The first-order valence-electron chi connectivity index (χ1n) is 4.89. The lowest BCUT2D eigenvalue weighted by Crippen LogP contribution is -1.93. The summed E-state index contributed by atoms with van der Waals surface area (Å²) in [7, 11) is 0. The molecule has 1 atom stereocenters. The molecule has 0 fully saturated rings. The third-order valence-corrected chi connectivity index (χ3v) is 6.14. The highest BCUT2D eigenvalue weighted by Crippen LogP contribution is 2.37. The Kier molecular flexibility index (Phi) is 4.96. The lowest BCUT2D eigenvalue weighted by molar-refractivity contribution is 0.965. The van der Waals surface area contributed by atoms with Crippen molar-refractivity contribution in [2.75, 3.05) is 0 Å². The molecule has 17 heavy (non-hydrogen) atoms. The first-order chi connectivity index (χ1) is 8.08. The average Bonchev–Trinajstić information content (AvgIpc) is 2.70. The topological polar surface area (TPSA) is 0 Å². The Morgan fingerprint density at radius 3 is 2.53 bits per heavy atom. The number of thiophene rings is 1. The molecule has 2 aromatic rings. The molecule has 0 amide bonds. The van der Waals surface area contributed by atoms with E-state index in [0.29, 0.717) is 10.0 Å². The molecule has 0 N–H and O–H groups in total. The average molecular weight is 415 g/mol. The summed E-state index contributed by atoms with van der Waals surface area (Å²) in [5.41, 5.74) is 1.17. The number of alkyl halides is 1. The van der Waals surface area contributed by atoms with Crippen LogP contribution < -0.4 is 0 Å². The highest BCUT2D eigenvalue weighted by atomic mass is 79.9. The molecule has 0 aliphatic rings. The standard InChI is InChI=1S/C12H8Br2Cl2S/c13-8-3-4-17-12(8)9(14)5-7-1-2-10(15)11(16)6-7/h1-4,6,9H,5H2. The van der Waals surface area contributed by atoms with Gasteiger partial charge >= 0.3 is 0 Å². The first-order valence-corrected chi connectivity index (χ1v) is 8.23. The number of halogens is 4. The van der Waals surface area contributed by atoms with Crippen LogP contribution in [0.1, 0.15) is 15.3 Å². The Morgan fingerprint density at radius 2 is 1.94 bits per heavy atom. The van der Waals surface area contributed by atoms with Crippen LogP contribution in [0.5, 0.6) is 0 Å². The number of rotatable bonds is 3. The van der Waals surface area contributed by atoms with Crippen molar-refractivity contribution >= 4 is 66.4 Å². The minimum absolute atomic E-state index is 0.286. The Morgan fingerprint density at radius 1 is 1.18 bits per heavy atom. The van der Waals surface area contributed by atoms with E-state index in [1.807, 2.05) is 18.2 Å². The maximum Gasteiger partial charge on any atom is 0.0595 e. The zero-order valence-electron chi connectivity index (χ0n) is 8.59. The molecule has 0 radical (unpaired) electrons. The van der Waals surface area contributed by atoms with Crippen LogP contribution in [0.4, 0.5) is 0 Å². The lowest BCUT2D eigenvalue weighted by atomic mass is 10.1. The lowest BCUT2D eigenvalue weighted by Gasteiger charge is -2.09. The number of hydrogen-bond donors (Lipinski definition) is 0. The van der Waals surface area contributed by atoms with E-state index in [-0.39, 0.29) is 4.83 Å². The molecule has 0 aliphatic carbocycles. The van der Waals surface area contributed by atoms with Gasteiger partial charge in [0, 0.05) is 9.35 Å². The predicted molar refractivity (Wildman–Crippen MR) is 83.9 cm³/mol. The molecule has 90 valence electrons. The van der Waals surface area contributed by atoms with Crippen LogP contribution in [-0.4, -0.2) is 0 Å². The summed E-state index contributed by atoms with van der Waals surface area (Å²) in [6, 6.07) is 7.81. The van der Waals surface area contributed by atoms with Gasteiger partial charge in [0.15, 0.2) is 0 Å². The summed E-state index contributed by atoms with van der Waals surface area (Å²) in [4.78, 5) is 1.57. The van der Waals surface area contributed by atoms with Crippen molar-refractivity contribution < 1.29 is 0 Å². The van der Waals surface area contributed by atoms with Crippen molar-refractivity contribution in [2.45, 2.75) is 11.2 Å². The van der Waals surface area contributed by atoms with E-state index in [1.165, 1.54) is 10.4 Å². The Hall–Kier alpha value is 0.460. The molecule has 1 heterocycles.